The highest BCUT2D eigenvalue weighted by molar-refractivity contribution is 7.13. The molecule has 2 aromatic heterocycles. The highest BCUT2D eigenvalue weighted by atomic mass is 32.1. The molecule has 1 atom stereocenters. The molecule has 112 valence electrons. The Morgan fingerprint density at radius 1 is 1.52 bits per heavy atom. The molecule has 1 aliphatic rings. The molecule has 0 aliphatic carbocycles. The van der Waals surface area contributed by atoms with Crippen LogP contribution in [0.25, 0.3) is 0 Å². The molecule has 1 fully saturated rings. The van der Waals surface area contributed by atoms with Crippen molar-refractivity contribution in [3.05, 3.63) is 30.0 Å². The van der Waals surface area contributed by atoms with Gasteiger partial charge in [-0.15, -0.1) is 11.3 Å². The maximum absolute atomic E-state index is 12.0. The van der Waals surface area contributed by atoms with Crippen LogP contribution in [0.3, 0.4) is 0 Å². The third-order valence-corrected chi connectivity index (χ3v) is 3.91. The van der Waals surface area contributed by atoms with Crippen LogP contribution in [0.4, 0.5) is 5.13 Å². The van der Waals surface area contributed by atoms with Crippen LogP contribution in [0.5, 0.6) is 0 Å². The van der Waals surface area contributed by atoms with Gasteiger partial charge in [0, 0.05) is 37.1 Å². The van der Waals surface area contributed by atoms with Crippen molar-refractivity contribution in [2.24, 2.45) is 0 Å². The maximum atomic E-state index is 12.0. The van der Waals surface area contributed by atoms with Crippen molar-refractivity contribution in [2.75, 3.05) is 31.6 Å². The first kappa shape index (κ1) is 14.2. The monoisotopic (exact) mass is 307 g/mol. The molecule has 0 spiro atoms. The number of nitrogens with zero attached hydrogens (tertiary/aromatic N) is 4. The van der Waals surface area contributed by atoms with Gasteiger partial charge in [0.05, 0.1) is 25.8 Å². The molecule has 7 nitrogen and oxygen atoms in total. The number of nitrogens with one attached hydrogen (secondary N) is 1. The molecule has 3 rings (SSSR count). The Labute approximate surface area is 126 Å². The second-order valence-corrected chi connectivity index (χ2v) is 5.74. The summed E-state index contributed by atoms with van der Waals surface area (Å²) in [5.74, 6) is -0.0373. The van der Waals surface area contributed by atoms with Crippen LogP contribution in [0.2, 0.25) is 0 Å². The molecular formula is C13H17N5O2S. The van der Waals surface area contributed by atoms with Crippen LogP contribution in [0.1, 0.15) is 0 Å². The SMILES string of the molecule is O=C(CN1CCO[C@@H](Cn2cccn2)C1)Nc1nccs1. The minimum Gasteiger partial charge on any atom is -0.374 e. The molecule has 0 saturated carbocycles. The first-order valence-corrected chi connectivity index (χ1v) is 7.68. The molecular weight excluding hydrogens is 290 g/mol. The second-order valence-electron chi connectivity index (χ2n) is 4.84. The molecule has 1 N–H and O–H groups in total. The molecule has 1 aliphatic heterocycles. The van der Waals surface area contributed by atoms with Gasteiger partial charge in [-0.1, -0.05) is 0 Å². The summed E-state index contributed by atoms with van der Waals surface area (Å²) in [7, 11) is 0. The van der Waals surface area contributed by atoms with Gasteiger partial charge in [0.1, 0.15) is 0 Å². The number of hydrogen-bond donors (Lipinski definition) is 1. The van der Waals surface area contributed by atoms with E-state index in [0.29, 0.717) is 24.8 Å². The summed E-state index contributed by atoms with van der Waals surface area (Å²) in [5.41, 5.74) is 0. The van der Waals surface area contributed by atoms with Crippen molar-refractivity contribution in [3.8, 4) is 0 Å². The summed E-state index contributed by atoms with van der Waals surface area (Å²) in [5, 5.41) is 9.45. The normalized spacial score (nSPS) is 19.5. The number of hydrogen-bond acceptors (Lipinski definition) is 6. The lowest BCUT2D eigenvalue weighted by molar-refractivity contribution is -0.119. The van der Waals surface area contributed by atoms with E-state index in [-0.39, 0.29) is 12.0 Å². The van der Waals surface area contributed by atoms with Gasteiger partial charge < -0.3 is 10.1 Å². The van der Waals surface area contributed by atoms with E-state index in [1.165, 1.54) is 11.3 Å². The summed E-state index contributed by atoms with van der Waals surface area (Å²) in [4.78, 5) is 18.1. The van der Waals surface area contributed by atoms with E-state index in [9.17, 15) is 4.79 Å². The highest BCUT2D eigenvalue weighted by Crippen LogP contribution is 2.11. The van der Waals surface area contributed by atoms with E-state index in [4.69, 9.17) is 4.74 Å². The van der Waals surface area contributed by atoms with E-state index in [1.54, 1.807) is 12.4 Å². The molecule has 0 bridgehead atoms. The molecule has 0 aromatic carbocycles. The molecule has 3 heterocycles. The van der Waals surface area contributed by atoms with Crippen molar-refractivity contribution in [3.63, 3.8) is 0 Å². The molecule has 0 unspecified atom stereocenters. The smallest absolute Gasteiger partial charge is 0.240 e. The highest BCUT2D eigenvalue weighted by Gasteiger charge is 2.22. The molecule has 1 amide bonds. The number of carbonyl (C=O) groups is 1. The zero-order chi connectivity index (χ0) is 14.5. The van der Waals surface area contributed by atoms with Crippen molar-refractivity contribution in [1.29, 1.82) is 0 Å². The quantitative estimate of drug-likeness (QED) is 0.879. The Bertz CT molecular complexity index is 557. The van der Waals surface area contributed by atoms with Crippen molar-refractivity contribution in [1.82, 2.24) is 19.7 Å². The van der Waals surface area contributed by atoms with E-state index >= 15 is 0 Å². The standard InChI is InChI=1S/C13H17N5O2S/c19-12(16-13-14-3-7-21-13)10-17-5-6-20-11(8-17)9-18-4-1-2-15-18/h1-4,7,11H,5-6,8-10H2,(H,14,16,19)/t11-/m1/s1. The lowest BCUT2D eigenvalue weighted by Gasteiger charge is -2.32. The Kier molecular flexibility index (Phi) is 4.59. The summed E-state index contributed by atoms with van der Waals surface area (Å²) in [6.45, 7) is 3.19. The Morgan fingerprint density at radius 2 is 2.48 bits per heavy atom. The number of carbonyl (C=O) groups excluding carboxylic acids is 1. The van der Waals surface area contributed by atoms with Gasteiger partial charge in [-0.05, 0) is 6.07 Å². The van der Waals surface area contributed by atoms with Gasteiger partial charge in [-0.25, -0.2) is 4.98 Å². The third kappa shape index (κ3) is 4.10. The lowest BCUT2D eigenvalue weighted by atomic mass is 10.2. The molecule has 0 radical (unpaired) electrons. The van der Waals surface area contributed by atoms with Crippen molar-refractivity contribution in [2.45, 2.75) is 12.6 Å². The number of aromatic nitrogens is 3. The predicted molar refractivity (Wildman–Crippen MR) is 79.2 cm³/mol. The first-order valence-electron chi connectivity index (χ1n) is 6.80. The number of ether oxygens (including phenoxy) is 1. The number of anilines is 1. The number of morpholine rings is 1. The first-order chi connectivity index (χ1) is 10.3. The maximum Gasteiger partial charge on any atom is 0.240 e. The minimum atomic E-state index is -0.0373. The Morgan fingerprint density at radius 3 is 3.24 bits per heavy atom. The van der Waals surface area contributed by atoms with Gasteiger partial charge in [-0.2, -0.15) is 5.10 Å². The lowest BCUT2D eigenvalue weighted by Crippen LogP contribution is -2.47. The fourth-order valence-electron chi connectivity index (χ4n) is 2.30. The largest absolute Gasteiger partial charge is 0.374 e. The van der Waals surface area contributed by atoms with Gasteiger partial charge in [0.2, 0.25) is 5.91 Å². The molecule has 1 saturated heterocycles. The van der Waals surface area contributed by atoms with Gasteiger partial charge in [0.25, 0.3) is 0 Å². The average Bonchev–Trinajstić information content (AvgIpc) is 3.12. The third-order valence-electron chi connectivity index (χ3n) is 3.22. The van der Waals surface area contributed by atoms with Crippen LogP contribution >= 0.6 is 11.3 Å². The fraction of sp³-hybridized carbons (Fsp3) is 0.462. The van der Waals surface area contributed by atoms with Gasteiger partial charge in [0.15, 0.2) is 5.13 Å². The number of thiazole rings is 1. The minimum absolute atomic E-state index is 0.0373. The van der Waals surface area contributed by atoms with E-state index in [1.807, 2.05) is 22.3 Å². The second kappa shape index (κ2) is 6.79. The Balaban J connectivity index is 1.48. The van der Waals surface area contributed by atoms with E-state index < -0.39 is 0 Å². The topological polar surface area (TPSA) is 72.3 Å². The van der Waals surface area contributed by atoms with Gasteiger partial charge >= 0.3 is 0 Å². The average molecular weight is 307 g/mol. The van der Waals surface area contributed by atoms with Crippen LogP contribution < -0.4 is 5.32 Å². The van der Waals surface area contributed by atoms with Crippen molar-refractivity contribution >= 4 is 22.4 Å². The summed E-state index contributed by atoms with van der Waals surface area (Å²) >= 11 is 1.42. The van der Waals surface area contributed by atoms with Crippen LogP contribution in [0, 0.1) is 0 Å². The molecule has 2 aromatic rings. The molecule has 21 heavy (non-hydrogen) atoms. The molecule has 8 heteroatoms. The van der Waals surface area contributed by atoms with Crippen LogP contribution in [0.15, 0.2) is 30.0 Å². The number of rotatable bonds is 5. The predicted octanol–water partition coefficient (Wildman–Crippen LogP) is 0.679. The summed E-state index contributed by atoms with van der Waals surface area (Å²) in [6, 6.07) is 1.89. The van der Waals surface area contributed by atoms with E-state index in [0.717, 1.165) is 13.1 Å². The zero-order valence-corrected chi connectivity index (χ0v) is 12.3. The summed E-state index contributed by atoms with van der Waals surface area (Å²) in [6.07, 6.45) is 5.40. The van der Waals surface area contributed by atoms with Crippen LogP contribution in [-0.4, -0.2) is 57.9 Å². The number of amides is 1. The van der Waals surface area contributed by atoms with Crippen molar-refractivity contribution < 1.29 is 9.53 Å². The zero-order valence-electron chi connectivity index (χ0n) is 11.5. The van der Waals surface area contributed by atoms with Crippen LogP contribution in [-0.2, 0) is 16.1 Å². The van der Waals surface area contributed by atoms with Gasteiger partial charge in [-0.3, -0.25) is 14.4 Å². The summed E-state index contributed by atoms with van der Waals surface area (Å²) < 4.78 is 7.58. The Hall–Kier alpha value is -1.77. The van der Waals surface area contributed by atoms with E-state index in [2.05, 4.69) is 20.3 Å². The fourth-order valence-corrected chi connectivity index (χ4v) is 2.84.